The van der Waals surface area contributed by atoms with E-state index in [4.69, 9.17) is 4.74 Å². The van der Waals surface area contributed by atoms with Crippen LogP contribution in [0.25, 0.3) is 49.4 Å². The van der Waals surface area contributed by atoms with Crippen molar-refractivity contribution in [2.45, 2.75) is 26.2 Å². The topological polar surface area (TPSA) is 14.2 Å². The lowest BCUT2D eigenvalue weighted by molar-refractivity contribution is 0.486. The first-order valence-electron chi connectivity index (χ1n) is 14.5. The van der Waals surface area contributed by atoms with Gasteiger partial charge in [0, 0.05) is 21.8 Å². The van der Waals surface area contributed by atoms with E-state index in [0.29, 0.717) is 0 Å². The van der Waals surface area contributed by atoms with Crippen molar-refractivity contribution in [3.05, 3.63) is 121 Å². The fourth-order valence-corrected chi connectivity index (χ4v) is 7.36. The van der Waals surface area contributed by atoms with Crippen molar-refractivity contribution in [1.29, 1.82) is 0 Å². The van der Waals surface area contributed by atoms with Gasteiger partial charge in [0.2, 0.25) is 0 Å². The van der Waals surface area contributed by atoms with Gasteiger partial charge in [0.1, 0.15) is 11.5 Å². The van der Waals surface area contributed by atoms with Crippen molar-refractivity contribution in [1.82, 2.24) is 4.57 Å². The molecule has 9 rings (SSSR count). The van der Waals surface area contributed by atoms with Crippen molar-refractivity contribution in [2.75, 3.05) is 0 Å². The largest absolute Gasteiger partial charge is 0.458 e. The molecular weight excluding hydrogens is 497 g/mol. The first-order valence-corrected chi connectivity index (χ1v) is 14.5. The number of para-hydroxylation sites is 2. The molecule has 0 saturated carbocycles. The summed E-state index contributed by atoms with van der Waals surface area (Å²) in [7, 11) is 0. The molecule has 2 aliphatic rings. The molecule has 2 aliphatic heterocycles. The lowest BCUT2D eigenvalue weighted by atomic mass is 9.32. The maximum Gasteiger partial charge on any atom is 0.252 e. The van der Waals surface area contributed by atoms with Crippen LogP contribution in [0.2, 0.25) is 0 Å². The summed E-state index contributed by atoms with van der Waals surface area (Å²) in [5, 5.41) is 5.21. The van der Waals surface area contributed by atoms with Crippen LogP contribution in [0.3, 0.4) is 0 Å². The standard InChI is InChI=1S/C38H28BNO/c1-38(2,3)23-19-20-33-31(21-23)39-30-16-9-15-27-35(30)28(26-14-10-18-34(41-33)36(26)39)22-29-25-13-7-8-17-32(25)40(37(27)29)24-11-5-4-6-12-24/h4-22H,1-3H3. The molecule has 0 radical (unpaired) electrons. The van der Waals surface area contributed by atoms with E-state index in [-0.39, 0.29) is 12.1 Å². The second-order valence-corrected chi connectivity index (χ2v) is 12.5. The minimum Gasteiger partial charge on any atom is -0.458 e. The van der Waals surface area contributed by atoms with E-state index < -0.39 is 0 Å². The number of hydrogen-bond donors (Lipinski definition) is 0. The van der Waals surface area contributed by atoms with E-state index in [1.165, 1.54) is 71.3 Å². The minimum absolute atomic E-state index is 0.0518. The summed E-state index contributed by atoms with van der Waals surface area (Å²) >= 11 is 0. The molecule has 0 N–H and O–H groups in total. The van der Waals surface area contributed by atoms with E-state index in [1.54, 1.807) is 0 Å². The van der Waals surface area contributed by atoms with Gasteiger partial charge in [-0.2, -0.15) is 0 Å². The fraction of sp³-hybridized carbons (Fsp3) is 0.105. The molecule has 0 fully saturated rings. The van der Waals surface area contributed by atoms with Crippen LogP contribution in [0, 0.1) is 0 Å². The molecule has 1 aromatic heterocycles. The number of aromatic nitrogens is 1. The first kappa shape index (κ1) is 23.0. The van der Waals surface area contributed by atoms with E-state index in [0.717, 1.165) is 11.5 Å². The first-order chi connectivity index (χ1) is 20.0. The predicted octanol–water partition coefficient (Wildman–Crippen LogP) is 7.84. The molecule has 2 nitrogen and oxygen atoms in total. The van der Waals surface area contributed by atoms with Crippen LogP contribution < -0.4 is 21.1 Å². The Kier molecular flexibility index (Phi) is 4.44. The SMILES string of the molecule is CC(C)(C)c1ccc2c(c1)B1c3c(cccc3-c3cc4c5ccccc5n(-c5ccccc5)c4c4cccc1c34)O2. The van der Waals surface area contributed by atoms with E-state index in [9.17, 15) is 0 Å². The summed E-state index contributed by atoms with van der Waals surface area (Å²) in [5.74, 6) is 1.94. The Morgan fingerprint density at radius 3 is 2.24 bits per heavy atom. The Balaban J connectivity index is 1.46. The summed E-state index contributed by atoms with van der Waals surface area (Å²) in [6.07, 6.45) is 0. The molecule has 0 unspecified atom stereocenters. The molecule has 3 heteroatoms. The van der Waals surface area contributed by atoms with Crippen molar-refractivity contribution >= 4 is 55.7 Å². The van der Waals surface area contributed by atoms with Crippen LogP contribution in [0.15, 0.2) is 115 Å². The predicted molar refractivity (Wildman–Crippen MR) is 174 cm³/mol. The van der Waals surface area contributed by atoms with Gasteiger partial charge in [-0.15, -0.1) is 0 Å². The molecular formula is C38H28BNO. The van der Waals surface area contributed by atoms with Gasteiger partial charge >= 0.3 is 0 Å². The number of hydrogen-bond acceptors (Lipinski definition) is 1. The molecule has 0 spiro atoms. The average molecular weight is 525 g/mol. The Morgan fingerprint density at radius 2 is 1.39 bits per heavy atom. The van der Waals surface area contributed by atoms with Gasteiger partial charge in [0.15, 0.2) is 0 Å². The van der Waals surface area contributed by atoms with Gasteiger partial charge in [-0.05, 0) is 74.8 Å². The number of nitrogens with zero attached hydrogens (tertiary/aromatic N) is 1. The van der Waals surface area contributed by atoms with Crippen LogP contribution in [0.5, 0.6) is 11.5 Å². The highest BCUT2D eigenvalue weighted by molar-refractivity contribution is 7.00. The molecule has 3 heterocycles. The van der Waals surface area contributed by atoms with Crippen LogP contribution in [0.4, 0.5) is 0 Å². The zero-order chi connectivity index (χ0) is 27.5. The molecule has 7 aromatic rings. The lowest BCUT2D eigenvalue weighted by Gasteiger charge is -2.34. The van der Waals surface area contributed by atoms with Gasteiger partial charge in [-0.25, -0.2) is 0 Å². The maximum atomic E-state index is 6.62. The monoisotopic (exact) mass is 525 g/mol. The summed E-state index contributed by atoms with van der Waals surface area (Å²) in [4.78, 5) is 0. The lowest BCUT2D eigenvalue weighted by Crippen LogP contribution is -2.57. The number of fused-ring (bicyclic) bond motifs is 8. The Bertz CT molecular complexity index is 2220. The summed E-state index contributed by atoms with van der Waals surface area (Å²) < 4.78 is 9.07. The van der Waals surface area contributed by atoms with Crippen LogP contribution in [-0.2, 0) is 5.41 Å². The second-order valence-electron chi connectivity index (χ2n) is 12.5. The molecule has 194 valence electrons. The zero-order valence-corrected chi connectivity index (χ0v) is 23.4. The van der Waals surface area contributed by atoms with Gasteiger partial charge in [0.05, 0.1) is 11.0 Å². The van der Waals surface area contributed by atoms with Gasteiger partial charge < -0.3 is 9.30 Å². The maximum absolute atomic E-state index is 6.62. The van der Waals surface area contributed by atoms with E-state index in [1.807, 2.05) is 0 Å². The van der Waals surface area contributed by atoms with Crippen molar-refractivity contribution in [2.24, 2.45) is 0 Å². The Labute approximate surface area is 239 Å². The number of ether oxygens (including phenoxy) is 1. The van der Waals surface area contributed by atoms with Gasteiger partial charge in [-0.3, -0.25) is 0 Å². The quantitative estimate of drug-likeness (QED) is 0.199. The van der Waals surface area contributed by atoms with Gasteiger partial charge in [0.25, 0.3) is 6.71 Å². The highest BCUT2D eigenvalue weighted by Crippen LogP contribution is 2.43. The Morgan fingerprint density at radius 1 is 0.610 bits per heavy atom. The third kappa shape index (κ3) is 3.04. The molecule has 0 aliphatic carbocycles. The van der Waals surface area contributed by atoms with E-state index in [2.05, 4.69) is 141 Å². The molecule has 0 atom stereocenters. The highest BCUT2D eigenvalue weighted by atomic mass is 16.5. The number of rotatable bonds is 1. The summed E-state index contributed by atoms with van der Waals surface area (Å²) in [6, 6.07) is 42.3. The van der Waals surface area contributed by atoms with Crippen LogP contribution >= 0.6 is 0 Å². The van der Waals surface area contributed by atoms with Crippen LogP contribution in [0.1, 0.15) is 26.3 Å². The minimum atomic E-state index is 0.0518. The molecule has 41 heavy (non-hydrogen) atoms. The van der Waals surface area contributed by atoms with Crippen LogP contribution in [-0.4, -0.2) is 11.3 Å². The third-order valence-electron chi connectivity index (χ3n) is 9.20. The molecule has 6 aromatic carbocycles. The smallest absolute Gasteiger partial charge is 0.252 e. The van der Waals surface area contributed by atoms with Crippen molar-refractivity contribution in [3.8, 4) is 28.3 Å². The Hall–Kier alpha value is -4.76. The highest BCUT2D eigenvalue weighted by Gasteiger charge is 2.40. The molecule has 0 saturated heterocycles. The van der Waals surface area contributed by atoms with Crippen molar-refractivity contribution < 1.29 is 4.74 Å². The summed E-state index contributed by atoms with van der Waals surface area (Å²) in [5.41, 5.74) is 11.6. The van der Waals surface area contributed by atoms with E-state index >= 15 is 0 Å². The third-order valence-corrected chi connectivity index (χ3v) is 9.20. The summed E-state index contributed by atoms with van der Waals surface area (Å²) in [6.45, 7) is 6.98. The fourth-order valence-electron chi connectivity index (χ4n) is 7.36. The molecule has 0 amide bonds. The average Bonchev–Trinajstić information content (AvgIpc) is 3.33. The van der Waals surface area contributed by atoms with Crippen molar-refractivity contribution in [3.63, 3.8) is 0 Å². The molecule has 0 bridgehead atoms. The zero-order valence-electron chi connectivity index (χ0n) is 23.4. The second kappa shape index (κ2) is 7.92. The van der Waals surface area contributed by atoms with Gasteiger partial charge in [-0.1, -0.05) is 105 Å². The number of benzene rings is 6. The normalized spacial score (nSPS) is 13.4.